The van der Waals surface area contributed by atoms with Gasteiger partial charge in [0.15, 0.2) is 5.11 Å². The molecule has 0 aromatic carbocycles. The maximum absolute atomic E-state index is 5.90. The SMILES string of the molecule is S=C1N[C@H](c2ccccn2)[C@@H](c2cccn2C[C@@H]2CCCO2)N1Cc1ccccn1. The summed E-state index contributed by atoms with van der Waals surface area (Å²) in [7, 11) is 0. The van der Waals surface area contributed by atoms with E-state index in [-0.39, 0.29) is 18.2 Å². The van der Waals surface area contributed by atoms with Crippen molar-refractivity contribution in [2.45, 2.75) is 44.1 Å². The van der Waals surface area contributed by atoms with Crippen LogP contribution in [0.3, 0.4) is 0 Å². The van der Waals surface area contributed by atoms with Crippen molar-refractivity contribution in [1.29, 1.82) is 0 Å². The van der Waals surface area contributed by atoms with Crippen LogP contribution in [-0.4, -0.2) is 37.3 Å². The molecule has 0 bridgehead atoms. The molecule has 0 saturated carbocycles. The third-order valence-corrected chi connectivity index (χ3v) is 6.20. The van der Waals surface area contributed by atoms with E-state index in [1.807, 2.05) is 42.7 Å². The lowest BCUT2D eigenvalue weighted by Crippen LogP contribution is -2.31. The zero-order valence-corrected chi connectivity index (χ0v) is 17.5. The molecule has 0 spiro atoms. The van der Waals surface area contributed by atoms with Crippen LogP contribution in [0.5, 0.6) is 0 Å². The topological polar surface area (TPSA) is 55.2 Å². The molecule has 30 heavy (non-hydrogen) atoms. The number of aromatic nitrogens is 3. The smallest absolute Gasteiger partial charge is 0.170 e. The predicted molar refractivity (Wildman–Crippen MR) is 119 cm³/mol. The van der Waals surface area contributed by atoms with Gasteiger partial charge in [-0.15, -0.1) is 0 Å². The maximum Gasteiger partial charge on any atom is 0.170 e. The average Bonchev–Trinajstić information content (AvgIpc) is 3.52. The van der Waals surface area contributed by atoms with Crippen molar-refractivity contribution >= 4 is 17.3 Å². The molecule has 2 saturated heterocycles. The van der Waals surface area contributed by atoms with Crippen molar-refractivity contribution in [3.05, 3.63) is 84.2 Å². The van der Waals surface area contributed by atoms with Crippen molar-refractivity contribution in [2.75, 3.05) is 6.61 Å². The third-order valence-electron chi connectivity index (χ3n) is 5.85. The minimum atomic E-state index is -0.0273. The summed E-state index contributed by atoms with van der Waals surface area (Å²) in [5, 5.41) is 4.25. The minimum Gasteiger partial charge on any atom is -0.376 e. The van der Waals surface area contributed by atoms with Gasteiger partial charge in [-0.2, -0.15) is 0 Å². The Morgan fingerprint density at radius 1 is 1.07 bits per heavy atom. The Morgan fingerprint density at radius 2 is 1.93 bits per heavy atom. The highest BCUT2D eigenvalue weighted by Crippen LogP contribution is 2.39. The molecular formula is C23H25N5OS. The number of nitrogens with one attached hydrogen (secondary N) is 1. The van der Waals surface area contributed by atoms with Gasteiger partial charge in [-0.3, -0.25) is 9.97 Å². The van der Waals surface area contributed by atoms with Gasteiger partial charge in [0.25, 0.3) is 0 Å². The Bertz CT molecular complexity index is 987. The summed E-state index contributed by atoms with van der Waals surface area (Å²) >= 11 is 5.78. The first-order chi connectivity index (χ1) is 14.8. The van der Waals surface area contributed by atoms with Crippen molar-refractivity contribution in [3.8, 4) is 0 Å². The number of hydrogen-bond acceptors (Lipinski definition) is 4. The van der Waals surface area contributed by atoms with E-state index in [4.69, 9.17) is 17.0 Å². The molecule has 0 radical (unpaired) electrons. The Kier molecular flexibility index (Phi) is 5.46. The molecule has 5 rings (SSSR count). The van der Waals surface area contributed by atoms with Gasteiger partial charge < -0.3 is 19.5 Å². The van der Waals surface area contributed by atoms with Gasteiger partial charge in [-0.1, -0.05) is 12.1 Å². The summed E-state index contributed by atoms with van der Waals surface area (Å²) in [6.45, 7) is 2.36. The number of rotatable bonds is 6. The number of nitrogens with zero attached hydrogens (tertiary/aromatic N) is 4. The van der Waals surface area contributed by atoms with Crippen LogP contribution in [0, 0.1) is 0 Å². The van der Waals surface area contributed by atoms with Crippen molar-refractivity contribution in [2.24, 2.45) is 0 Å². The number of hydrogen-bond donors (Lipinski definition) is 1. The van der Waals surface area contributed by atoms with Crippen LogP contribution >= 0.6 is 12.2 Å². The largest absolute Gasteiger partial charge is 0.376 e. The first-order valence-corrected chi connectivity index (χ1v) is 10.8. The van der Waals surface area contributed by atoms with Gasteiger partial charge in [0.05, 0.1) is 36.1 Å². The molecule has 6 nitrogen and oxygen atoms in total. The molecule has 1 N–H and O–H groups in total. The van der Waals surface area contributed by atoms with E-state index in [0.29, 0.717) is 6.54 Å². The Labute approximate surface area is 181 Å². The fourth-order valence-electron chi connectivity index (χ4n) is 4.43. The van der Waals surface area contributed by atoms with E-state index in [2.05, 4.69) is 49.1 Å². The predicted octanol–water partition coefficient (Wildman–Crippen LogP) is 3.63. The first kappa shape index (κ1) is 19.2. The molecule has 7 heteroatoms. The van der Waals surface area contributed by atoms with Gasteiger partial charge in [0, 0.05) is 37.4 Å². The monoisotopic (exact) mass is 419 g/mol. The summed E-state index contributed by atoms with van der Waals surface area (Å²) in [6, 6.07) is 16.3. The molecule has 3 atom stereocenters. The second kappa shape index (κ2) is 8.53. The summed E-state index contributed by atoms with van der Waals surface area (Å²) in [5.74, 6) is 0. The van der Waals surface area contributed by atoms with Crippen LogP contribution in [0.1, 0.15) is 42.0 Å². The molecule has 5 heterocycles. The zero-order chi connectivity index (χ0) is 20.3. The van der Waals surface area contributed by atoms with Crippen molar-refractivity contribution in [3.63, 3.8) is 0 Å². The van der Waals surface area contributed by atoms with Gasteiger partial charge >= 0.3 is 0 Å². The standard InChI is InChI=1S/C23H25N5OS/c30-23-26-21(19-9-2-4-12-25-19)22(28(23)15-17-7-1-3-11-24-17)20-10-5-13-27(20)16-18-8-6-14-29-18/h1-5,7,9-13,18,21-22H,6,8,14-16H2,(H,26,30)/t18-,21+,22+/m0/s1. The van der Waals surface area contributed by atoms with E-state index in [0.717, 1.165) is 42.5 Å². The summed E-state index contributed by atoms with van der Waals surface area (Å²) in [4.78, 5) is 11.4. The number of thiocarbonyl (C=S) groups is 1. The Morgan fingerprint density at radius 3 is 2.67 bits per heavy atom. The van der Waals surface area contributed by atoms with E-state index in [1.54, 1.807) is 0 Å². The van der Waals surface area contributed by atoms with Gasteiger partial charge in [0.1, 0.15) is 0 Å². The average molecular weight is 420 g/mol. The van der Waals surface area contributed by atoms with Gasteiger partial charge in [-0.25, -0.2) is 0 Å². The number of pyridine rings is 2. The summed E-state index contributed by atoms with van der Waals surface area (Å²) in [5.41, 5.74) is 3.19. The van der Waals surface area contributed by atoms with Crippen molar-refractivity contribution in [1.82, 2.24) is 24.8 Å². The highest BCUT2D eigenvalue weighted by molar-refractivity contribution is 7.80. The highest BCUT2D eigenvalue weighted by Gasteiger charge is 2.41. The molecule has 154 valence electrons. The highest BCUT2D eigenvalue weighted by atomic mass is 32.1. The van der Waals surface area contributed by atoms with Crippen LogP contribution in [0.25, 0.3) is 0 Å². The number of ether oxygens (including phenoxy) is 1. The maximum atomic E-state index is 5.90. The Hall–Kier alpha value is -2.77. The molecule has 3 aromatic rings. The van der Waals surface area contributed by atoms with E-state index in [1.165, 1.54) is 5.69 Å². The molecular weight excluding hydrogens is 394 g/mol. The second-order valence-electron chi connectivity index (χ2n) is 7.80. The molecule has 0 aliphatic carbocycles. The van der Waals surface area contributed by atoms with Crippen LogP contribution in [0.4, 0.5) is 0 Å². The van der Waals surface area contributed by atoms with Gasteiger partial charge in [-0.05, 0) is 61.5 Å². The van der Waals surface area contributed by atoms with Crippen LogP contribution < -0.4 is 5.32 Å². The second-order valence-corrected chi connectivity index (χ2v) is 8.18. The fourth-order valence-corrected chi connectivity index (χ4v) is 4.74. The summed E-state index contributed by atoms with van der Waals surface area (Å²) in [6.07, 6.45) is 8.33. The lowest BCUT2D eigenvalue weighted by atomic mass is 10.0. The molecule has 0 unspecified atom stereocenters. The van der Waals surface area contributed by atoms with Crippen LogP contribution in [0.2, 0.25) is 0 Å². The van der Waals surface area contributed by atoms with E-state index in [9.17, 15) is 0 Å². The van der Waals surface area contributed by atoms with Gasteiger partial charge in [0.2, 0.25) is 0 Å². The molecule has 2 aliphatic rings. The first-order valence-electron chi connectivity index (χ1n) is 10.4. The molecule has 2 aliphatic heterocycles. The quantitative estimate of drug-likeness (QED) is 0.616. The van der Waals surface area contributed by atoms with Crippen LogP contribution in [-0.2, 0) is 17.8 Å². The minimum absolute atomic E-state index is 0.0193. The zero-order valence-electron chi connectivity index (χ0n) is 16.7. The summed E-state index contributed by atoms with van der Waals surface area (Å²) < 4.78 is 8.22. The van der Waals surface area contributed by atoms with E-state index >= 15 is 0 Å². The lowest BCUT2D eigenvalue weighted by Gasteiger charge is -2.29. The molecule has 0 amide bonds. The molecule has 2 fully saturated rings. The lowest BCUT2D eigenvalue weighted by molar-refractivity contribution is 0.0952. The Balaban J connectivity index is 1.51. The third kappa shape index (κ3) is 3.82. The fraction of sp³-hybridized carbons (Fsp3) is 0.348. The van der Waals surface area contributed by atoms with Crippen LogP contribution in [0.15, 0.2) is 67.1 Å². The molecule has 3 aromatic heterocycles. The van der Waals surface area contributed by atoms with E-state index < -0.39 is 0 Å². The van der Waals surface area contributed by atoms with Crippen molar-refractivity contribution < 1.29 is 4.74 Å². The normalized spacial score (nSPS) is 23.7.